The van der Waals surface area contributed by atoms with Crippen LogP contribution in [0.25, 0.3) is 11.3 Å². The van der Waals surface area contributed by atoms with Gasteiger partial charge in [-0.25, -0.2) is 4.98 Å². The molecule has 1 aliphatic rings. The zero-order chi connectivity index (χ0) is 12.5. The molecule has 1 aliphatic heterocycles. The van der Waals surface area contributed by atoms with Crippen LogP contribution in [0.2, 0.25) is 5.15 Å². The predicted molar refractivity (Wildman–Crippen MR) is 71.6 cm³/mol. The van der Waals surface area contributed by atoms with Gasteiger partial charge in [0.25, 0.3) is 0 Å². The summed E-state index contributed by atoms with van der Waals surface area (Å²) in [6.07, 6.45) is 5.95. The molecule has 1 saturated heterocycles. The highest BCUT2D eigenvalue weighted by Crippen LogP contribution is 2.37. The Balaban J connectivity index is 2.09. The third-order valence-corrected chi connectivity index (χ3v) is 3.77. The molecule has 0 N–H and O–H groups in total. The van der Waals surface area contributed by atoms with E-state index < -0.39 is 0 Å². The lowest BCUT2D eigenvalue weighted by Crippen LogP contribution is -2.18. The molecule has 2 aromatic heterocycles. The maximum absolute atomic E-state index is 6.01. The van der Waals surface area contributed by atoms with E-state index >= 15 is 0 Å². The van der Waals surface area contributed by atoms with Crippen molar-refractivity contribution >= 4 is 11.6 Å². The van der Waals surface area contributed by atoms with Gasteiger partial charge in [0.15, 0.2) is 0 Å². The lowest BCUT2D eigenvalue weighted by atomic mass is 9.99. The second kappa shape index (κ2) is 4.75. The standard InChI is InChI=1S/C14H15ClN2O/c1-17-6-2-4-12(17)11-9-16-14(15)8-10(11)13-5-3-7-18-13/h3,5,7-9,12H,2,4,6H2,1H3/t12-/m0/s1. The summed E-state index contributed by atoms with van der Waals surface area (Å²) in [6, 6.07) is 6.16. The molecule has 18 heavy (non-hydrogen) atoms. The van der Waals surface area contributed by atoms with Gasteiger partial charge in [-0.15, -0.1) is 0 Å². The fourth-order valence-corrected chi connectivity index (χ4v) is 2.81. The van der Waals surface area contributed by atoms with Crippen molar-refractivity contribution in [1.82, 2.24) is 9.88 Å². The second-order valence-corrected chi connectivity index (χ2v) is 5.10. The molecule has 3 rings (SSSR count). The van der Waals surface area contributed by atoms with E-state index in [9.17, 15) is 0 Å². The average Bonchev–Trinajstić information content (AvgIpc) is 3.00. The Hall–Kier alpha value is -1.32. The summed E-state index contributed by atoms with van der Waals surface area (Å²) in [5, 5.41) is 0.505. The third-order valence-electron chi connectivity index (χ3n) is 3.57. The fraction of sp³-hybridized carbons (Fsp3) is 0.357. The van der Waals surface area contributed by atoms with Gasteiger partial charge in [0, 0.05) is 17.8 Å². The summed E-state index contributed by atoms with van der Waals surface area (Å²) in [5.74, 6) is 0.856. The van der Waals surface area contributed by atoms with Crippen molar-refractivity contribution in [2.24, 2.45) is 0 Å². The van der Waals surface area contributed by atoms with E-state index in [1.54, 1.807) is 6.26 Å². The van der Waals surface area contributed by atoms with Gasteiger partial charge in [-0.05, 0) is 50.2 Å². The van der Waals surface area contributed by atoms with Crippen molar-refractivity contribution in [2.45, 2.75) is 18.9 Å². The van der Waals surface area contributed by atoms with Crippen LogP contribution in [0.5, 0.6) is 0 Å². The minimum absolute atomic E-state index is 0.412. The summed E-state index contributed by atoms with van der Waals surface area (Å²) >= 11 is 6.01. The number of nitrogens with zero attached hydrogens (tertiary/aromatic N) is 2. The molecule has 1 fully saturated rings. The molecular weight excluding hydrogens is 248 g/mol. The molecule has 0 unspecified atom stereocenters. The third kappa shape index (κ3) is 2.04. The minimum Gasteiger partial charge on any atom is -0.464 e. The summed E-state index contributed by atoms with van der Waals surface area (Å²) in [4.78, 5) is 6.58. The van der Waals surface area contributed by atoms with E-state index in [4.69, 9.17) is 16.0 Å². The predicted octanol–water partition coefficient (Wildman–Crippen LogP) is 3.76. The molecule has 0 saturated carbocycles. The van der Waals surface area contributed by atoms with Crippen LogP contribution in [0.3, 0.4) is 0 Å². The Morgan fingerprint density at radius 2 is 2.39 bits per heavy atom. The first-order chi connectivity index (χ1) is 8.75. The Kier molecular flexibility index (Phi) is 3.10. The normalized spacial score (nSPS) is 20.4. The SMILES string of the molecule is CN1CCC[C@H]1c1cnc(Cl)cc1-c1ccco1. The second-order valence-electron chi connectivity index (χ2n) is 4.71. The number of aromatic nitrogens is 1. The Morgan fingerprint density at radius 3 is 3.06 bits per heavy atom. The number of likely N-dealkylation sites (tertiary alicyclic amines) is 1. The number of furan rings is 1. The van der Waals surface area contributed by atoms with Crippen molar-refractivity contribution < 1.29 is 4.42 Å². The molecule has 0 spiro atoms. The van der Waals surface area contributed by atoms with Crippen LogP contribution in [0.15, 0.2) is 35.1 Å². The van der Waals surface area contributed by atoms with E-state index in [-0.39, 0.29) is 0 Å². The fourth-order valence-electron chi connectivity index (χ4n) is 2.65. The largest absolute Gasteiger partial charge is 0.464 e. The smallest absolute Gasteiger partial charge is 0.134 e. The maximum atomic E-state index is 6.01. The number of hydrogen-bond acceptors (Lipinski definition) is 3. The van der Waals surface area contributed by atoms with Gasteiger partial charge in [0.1, 0.15) is 10.9 Å². The van der Waals surface area contributed by atoms with Crippen LogP contribution in [-0.4, -0.2) is 23.5 Å². The topological polar surface area (TPSA) is 29.3 Å². The van der Waals surface area contributed by atoms with Crippen LogP contribution in [-0.2, 0) is 0 Å². The quantitative estimate of drug-likeness (QED) is 0.772. The average molecular weight is 263 g/mol. The van der Waals surface area contributed by atoms with Crippen molar-refractivity contribution in [3.63, 3.8) is 0 Å². The van der Waals surface area contributed by atoms with Gasteiger partial charge >= 0.3 is 0 Å². The molecule has 0 aliphatic carbocycles. The van der Waals surface area contributed by atoms with E-state index in [0.717, 1.165) is 24.3 Å². The van der Waals surface area contributed by atoms with Crippen LogP contribution in [0.1, 0.15) is 24.4 Å². The zero-order valence-corrected chi connectivity index (χ0v) is 11.0. The molecule has 0 bridgehead atoms. The lowest BCUT2D eigenvalue weighted by Gasteiger charge is -2.21. The highest BCUT2D eigenvalue weighted by Gasteiger charge is 2.26. The first-order valence-corrected chi connectivity index (χ1v) is 6.53. The van der Waals surface area contributed by atoms with Crippen molar-refractivity contribution in [3.8, 4) is 11.3 Å². The zero-order valence-electron chi connectivity index (χ0n) is 10.3. The molecule has 1 atom stereocenters. The molecule has 94 valence electrons. The van der Waals surface area contributed by atoms with E-state index in [0.29, 0.717) is 11.2 Å². The van der Waals surface area contributed by atoms with E-state index in [1.807, 2.05) is 24.4 Å². The van der Waals surface area contributed by atoms with E-state index in [2.05, 4.69) is 16.9 Å². The lowest BCUT2D eigenvalue weighted by molar-refractivity contribution is 0.317. The van der Waals surface area contributed by atoms with Crippen molar-refractivity contribution in [3.05, 3.63) is 41.4 Å². The Labute approximate surface area is 111 Å². The van der Waals surface area contributed by atoms with Gasteiger partial charge in [0.05, 0.1) is 6.26 Å². The molecule has 4 heteroatoms. The highest BCUT2D eigenvalue weighted by atomic mass is 35.5. The van der Waals surface area contributed by atoms with E-state index in [1.165, 1.54) is 12.0 Å². The first-order valence-electron chi connectivity index (χ1n) is 6.15. The summed E-state index contributed by atoms with van der Waals surface area (Å²) < 4.78 is 5.51. The first kappa shape index (κ1) is 11.8. The maximum Gasteiger partial charge on any atom is 0.134 e. The van der Waals surface area contributed by atoms with Gasteiger partial charge in [-0.3, -0.25) is 4.90 Å². The van der Waals surface area contributed by atoms with Gasteiger partial charge in [-0.2, -0.15) is 0 Å². The van der Waals surface area contributed by atoms with Gasteiger partial charge < -0.3 is 4.42 Å². The molecule has 3 heterocycles. The number of hydrogen-bond donors (Lipinski definition) is 0. The van der Waals surface area contributed by atoms with Gasteiger partial charge in [-0.1, -0.05) is 11.6 Å². The molecule has 2 aromatic rings. The number of pyridine rings is 1. The molecule has 0 aromatic carbocycles. The van der Waals surface area contributed by atoms with Crippen LogP contribution < -0.4 is 0 Å². The number of rotatable bonds is 2. The van der Waals surface area contributed by atoms with Crippen molar-refractivity contribution in [2.75, 3.05) is 13.6 Å². The molecular formula is C14H15ClN2O. The highest BCUT2D eigenvalue weighted by molar-refractivity contribution is 6.29. The van der Waals surface area contributed by atoms with Crippen LogP contribution in [0, 0.1) is 0 Å². The van der Waals surface area contributed by atoms with Gasteiger partial charge in [0.2, 0.25) is 0 Å². The van der Waals surface area contributed by atoms with Crippen LogP contribution in [0.4, 0.5) is 0 Å². The minimum atomic E-state index is 0.412. The summed E-state index contributed by atoms with van der Waals surface area (Å²) in [5.41, 5.74) is 2.26. The summed E-state index contributed by atoms with van der Waals surface area (Å²) in [6.45, 7) is 1.13. The summed E-state index contributed by atoms with van der Waals surface area (Å²) in [7, 11) is 2.15. The molecule has 0 radical (unpaired) electrons. The Morgan fingerprint density at radius 1 is 1.50 bits per heavy atom. The molecule has 3 nitrogen and oxygen atoms in total. The van der Waals surface area contributed by atoms with Crippen LogP contribution >= 0.6 is 11.6 Å². The monoisotopic (exact) mass is 262 g/mol. The van der Waals surface area contributed by atoms with Crippen molar-refractivity contribution in [1.29, 1.82) is 0 Å². The Bertz CT molecular complexity index is 539. The molecule has 0 amide bonds. The number of halogens is 1.